The van der Waals surface area contributed by atoms with Crippen molar-refractivity contribution >= 4 is 24.0 Å². The van der Waals surface area contributed by atoms with Crippen LogP contribution in [0.2, 0.25) is 5.02 Å². The zero-order valence-corrected chi connectivity index (χ0v) is 12.1. The van der Waals surface area contributed by atoms with Crippen molar-refractivity contribution in [2.24, 2.45) is 0 Å². The summed E-state index contributed by atoms with van der Waals surface area (Å²) in [5, 5.41) is 3.61. The SMILES string of the molecule is Cl.FCC[C@H](c1ccc(Cl)cc1F)N1CCNCC1. The van der Waals surface area contributed by atoms with Crippen molar-refractivity contribution < 1.29 is 8.78 Å². The summed E-state index contributed by atoms with van der Waals surface area (Å²) in [5.41, 5.74) is 0.541. The molecular weight excluding hydrogens is 293 g/mol. The van der Waals surface area contributed by atoms with Crippen LogP contribution >= 0.6 is 24.0 Å². The van der Waals surface area contributed by atoms with Gasteiger partial charge in [0.05, 0.1) is 6.67 Å². The molecule has 1 N–H and O–H groups in total. The molecule has 0 radical (unpaired) electrons. The third kappa shape index (κ3) is 4.28. The lowest BCUT2D eigenvalue weighted by molar-refractivity contribution is 0.154. The van der Waals surface area contributed by atoms with E-state index < -0.39 is 6.67 Å². The van der Waals surface area contributed by atoms with Crippen LogP contribution in [0, 0.1) is 5.82 Å². The molecule has 1 fully saturated rings. The van der Waals surface area contributed by atoms with Crippen molar-refractivity contribution in [3.63, 3.8) is 0 Å². The number of benzene rings is 1. The van der Waals surface area contributed by atoms with Crippen LogP contribution in [0.25, 0.3) is 0 Å². The van der Waals surface area contributed by atoms with Crippen molar-refractivity contribution in [3.05, 3.63) is 34.6 Å². The predicted molar refractivity (Wildman–Crippen MR) is 76.4 cm³/mol. The fourth-order valence-electron chi connectivity index (χ4n) is 2.40. The molecule has 0 bridgehead atoms. The molecule has 1 saturated heterocycles. The van der Waals surface area contributed by atoms with Gasteiger partial charge in [-0.2, -0.15) is 0 Å². The van der Waals surface area contributed by atoms with Crippen LogP contribution in [-0.4, -0.2) is 37.8 Å². The number of halogens is 4. The largest absolute Gasteiger partial charge is 0.314 e. The van der Waals surface area contributed by atoms with E-state index in [0.29, 0.717) is 17.0 Å². The fraction of sp³-hybridized carbons (Fsp3) is 0.538. The Hall–Kier alpha value is -0.420. The molecule has 0 spiro atoms. The lowest BCUT2D eigenvalue weighted by Gasteiger charge is -2.35. The third-order valence-electron chi connectivity index (χ3n) is 3.30. The van der Waals surface area contributed by atoms with Gasteiger partial charge in [-0.05, 0) is 18.6 Å². The molecule has 2 nitrogen and oxygen atoms in total. The van der Waals surface area contributed by atoms with Crippen LogP contribution in [0.1, 0.15) is 18.0 Å². The van der Waals surface area contributed by atoms with E-state index >= 15 is 0 Å². The Balaban J connectivity index is 0.00000180. The standard InChI is InChI=1S/C13H17ClF2N2.ClH/c14-10-1-2-11(12(16)9-10)13(3-4-15)18-7-5-17-6-8-18;/h1-2,9,13,17H,3-8H2;1H/t13-;/m1./s1. The number of nitrogens with zero attached hydrogens (tertiary/aromatic N) is 1. The molecule has 1 aromatic rings. The van der Waals surface area contributed by atoms with Crippen molar-refractivity contribution in [2.75, 3.05) is 32.9 Å². The number of alkyl halides is 1. The second-order valence-electron chi connectivity index (χ2n) is 4.45. The second kappa shape index (κ2) is 8.00. The van der Waals surface area contributed by atoms with E-state index in [2.05, 4.69) is 10.2 Å². The summed E-state index contributed by atoms with van der Waals surface area (Å²) in [6.45, 7) is 2.89. The normalized spacial score (nSPS) is 17.8. The van der Waals surface area contributed by atoms with Gasteiger partial charge in [-0.3, -0.25) is 9.29 Å². The van der Waals surface area contributed by atoms with Gasteiger partial charge >= 0.3 is 0 Å². The van der Waals surface area contributed by atoms with Crippen LogP contribution in [0.15, 0.2) is 18.2 Å². The zero-order chi connectivity index (χ0) is 13.0. The third-order valence-corrected chi connectivity index (χ3v) is 3.53. The second-order valence-corrected chi connectivity index (χ2v) is 4.88. The molecule has 1 aliphatic heterocycles. The van der Waals surface area contributed by atoms with E-state index in [1.54, 1.807) is 12.1 Å². The van der Waals surface area contributed by atoms with Gasteiger partial charge in [0.1, 0.15) is 5.82 Å². The van der Waals surface area contributed by atoms with Crippen LogP contribution < -0.4 is 5.32 Å². The van der Waals surface area contributed by atoms with Gasteiger partial charge in [-0.1, -0.05) is 17.7 Å². The molecule has 2 rings (SSSR count). The number of hydrogen-bond donors (Lipinski definition) is 1. The quantitative estimate of drug-likeness (QED) is 0.918. The molecular formula is C13H18Cl2F2N2. The maximum Gasteiger partial charge on any atom is 0.129 e. The molecule has 108 valence electrons. The monoisotopic (exact) mass is 310 g/mol. The maximum absolute atomic E-state index is 13.9. The number of rotatable bonds is 4. The first-order valence-electron chi connectivity index (χ1n) is 6.18. The Morgan fingerprint density at radius 2 is 2.00 bits per heavy atom. The number of nitrogens with one attached hydrogen (secondary N) is 1. The van der Waals surface area contributed by atoms with E-state index in [9.17, 15) is 8.78 Å². The van der Waals surface area contributed by atoms with Crippen molar-refractivity contribution in [2.45, 2.75) is 12.5 Å². The Kier molecular flexibility index (Phi) is 7.00. The van der Waals surface area contributed by atoms with E-state index in [1.165, 1.54) is 6.07 Å². The highest BCUT2D eigenvalue weighted by molar-refractivity contribution is 6.30. The van der Waals surface area contributed by atoms with Gasteiger partial charge in [0.15, 0.2) is 0 Å². The Morgan fingerprint density at radius 1 is 1.32 bits per heavy atom. The van der Waals surface area contributed by atoms with Gasteiger partial charge in [-0.25, -0.2) is 4.39 Å². The summed E-state index contributed by atoms with van der Waals surface area (Å²) in [6, 6.07) is 4.42. The minimum Gasteiger partial charge on any atom is -0.314 e. The van der Waals surface area contributed by atoms with E-state index in [1.807, 2.05) is 0 Å². The van der Waals surface area contributed by atoms with Crippen molar-refractivity contribution in [1.82, 2.24) is 10.2 Å². The first kappa shape index (κ1) is 16.6. The van der Waals surface area contributed by atoms with Crippen LogP contribution in [0.4, 0.5) is 8.78 Å². The highest BCUT2D eigenvalue weighted by atomic mass is 35.5. The predicted octanol–water partition coefficient (Wildman–Crippen LogP) is 3.21. The van der Waals surface area contributed by atoms with E-state index in [0.717, 1.165) is 26.2 Å². The highest BCUT2D eigenvalue weighted by Crippen LogP contribution is 2.28. The van der Waals surface area contributed by atoms with Crippen molar-refractivity contribution in [1.29, 1.82) is 0 Å². The van der Waals surface area contributed by atoms with Crippen LogP contribution in [0.5, 0.6) is 0 Å². The Bertz CT molecular complexity index is 398. The zero-order valence-electron chi connectivity index (χ0n) is 10.5. The summed E-state index contributed by atoms with van der Waals surface area (Å²) in [4.78, 5) is 2.13. The number of hydrogen-bond acceptors (Lipinski definition) is 2. The Labute approximate surface area is 123 Å². The van der Waals surface area contributed by atoms with E-state index in [4.69, 9.17) is 11.6 Å². The highest BCUT2D eigenvalue weighted by Gasteiger charge is 2.24. The summed E-state index contributed by atoms with van der Waals surface area (Å²) in [5.74, 6) is -0.348. The summed E-state index contributed by atoms with van der Waals surface area (Å²) in [6.07, 6.45) is 0.318. The molecule has 0 unspecified atom stereocenters. The molecule has 1 aliphatic rings. The fourth-order valence-corrected chi connectivity index (χ4v) is 2.56. The summed E-state index contributed by atoms with van der Waals surface area (Å²) in [7, 11) is 0. The molecule has 19 heavy (non-hydrogen) atoms. The smallest absolute Gasteiger partial charge is 0.129 e. The van der Waals surface area contributed by atoms with Gasteiger partial charge < -0.3 is 5.32 Å². The molecule has 1 aromatic carbocycles. The van der Waals surface area contributed by atoms with Gasteiger partial charge in [0.25, 0.3) is 0 Å². The summed E-state index contributed by atoms with van der Waals surface area (Å²) >= 11 is 5.75. The van der Waals surface area contributed by atoms with Gasteiger partial charge in [-0.15, -0.1) is 12.4 Å². The summed E-state index contributed by atoms with van der Waals surface area (Å²) < 4.78 is 26.6. The van der Waals surface area contributed by atoms with Crippen LogP contribution in [-0.2, 0) is 0 Å². The van der Waals surface area contributed by atoms with Crippen molar-refractivity contribution in [3.8, 4) is 0 Å². The lowest BCUT2D eigenvalue weighted by atomic mass is 10.0. The molecule has 6 heteroatoms. The lowest BCUT2D eigenvalue weighted by Crippen LogP contribution is -2.45. The minimum atomic E-state index is -0.448. The minimum absolute atomic E-state index is 0. The average Bonchev–Trinajstić information content (AvgIpc) is 2.38. The molecule has 0 saturated carbocycles. The first-order chi connectivity index (χ1) is 8.72. The van der Waals surface area contributed by atoms with Gasteiger partial charge in [0, 0.05) is 42.8 Å². The van der Waals surface area contributed by atoms with Gasteiger partial charge in [0.2, 0.25) is 0 Å². The van der Waals surface area contributed by atoms with Crippen LogP contribution in [0.3, 0.4) is 0 Å². The molecule has 0 aromatic heterocycles. The molecule has 1 heterocycles. The topological polar surface area (TPSA) is 15.3 Å². The number of piperazine rings is 1. The molecule has 0 aliphatic carbocycles. The Morgan fingerprint density at radius 3 is 2.58 bits per heavy atom. The molecule has 0 amide bonds. The maximum atomic E-state index is 13.9. The molecule has 1 atom stereocenters. The van der Waals surface area contributed by atoms with E-state index in [-0.39, 0.29) is 24.3 Å². The first-order valence-corrected chi connectivity index (χ1v) is 6.56. The average molecular weight is 311 g/mol.